The average molecular weight is 494 g/mol. The van der Waals surface area contributed by atoms with Crippen LogP contribution in [-0.2, 0) is 6.42 Å². The van der Waals surface area contributed by atoms with Crippen molar-refractivity contribution in [2.24, 2.45) is 5.18 Å². The first-order valence-electron chi connectivity index (χ1n) is 11.3. The van der Waals surface area contributed by atoms with Gasteiger partial charge >= 0.3 is 0 Å². The van der Waals surface area contributed by atoms with Crippen molar-refractivity contribution in [3.8, 4) is 11.6 Å². The quantitative estimate of drug-likeness (QED) is 0.185. The summed E-state index contributed by atoms with van der Waals surface area (Å²) in [5, 5.41) is 8.49. The highest BCUT2D eigenvalue weighted by Gasteiger charge is 2.17. The second-order valence-electron chi connectivity index (χ2n) is 8.23. The summed E-state index contributed by atoms with van der Waals surface area (Å²) in [6, 6.07) is 20.0. The molecule has 4 rings (SSSR count). The number of halogens is 2. The van der Waals surface area contributed by atoms with Crippen LogP contribution in [0.25, 0.3) is 10.8 Å². The van der Waals surface area contributed by atoms with E-state index in [1.165, 1.54) is 6.07 Å². The normalized spacial score (nSPS) is 11.0. The molecule has 1 heterocycles. The monoisotopic (exact) mass is 493 g/mol. The minimum atomic E-state index is -0.475. The molecule has 0 saturated carbocycles. The van der Waals surface area contributed by atoms with Crippen molar-refractivity contribution in [2.45, 2.75) is 26.4 Å². The van der Waals surface area contributed by atoms with Crippen LogP contribution in [0.2, 0.25) is 5.02 Å². The minimum absolute atomic E-state index is 0.00776. The number of fused-ring (bicyclic) bond motifs is 1. The molecule has 35 heavy (non-hydrogen) atoms. The van der Waals surface area contributed by atoms with E-state index in [0.717, 1.165) is 21.9 Å². The van der Waals surface area contributed by atoms with Gasteiger partial charge in [0, 0.05) is 34.1 Å². The molecule has 0 spiro atoms. The van der Waals surface area contributed by atoms with Gasteiger partial charge in [-0.3, -0.25) is 0 Å². The van der Waals surface area contributed by atoms with E-state index >= 15 is 0 Å². The van der Waals surface area contributed by atoms with Crippen molar-refractivity contribution < 1.29 is 13.9 Å². The first-order chi connectivity index (χ1) is 16.9. The third-order valence-electron chi connectivity index (χ3n) is 5.25. The van der Waals surface area contributed by atoms with E-state index in [4.69, 9.17) is 26.1 Å². The van der Waals surface area contributed by atoms with Crippen molar-refractivity contribution in [1.82, 2.24) is 4.98 Å². The van der Waals surface area contributed by atoms with Gasteiger partial charge in [0.2, 0.25) is 5.88 Å². The van der Waals surface area contributed by atoms with E-state index in [2.05, 4.69) is 10.5 Å². The molecule has 1 N–H and O–H groups in total. The zero-order valence-electron chi connectivity index (χ0n) is 19.4. The lowest BCUT2D eigenvalue weighted by Gasteiger charge is -2.18. The number of ether oxygens (including phenoxy) is 2. The molecule has 0 aliphatic heterocycles. The molecule has 0 amide bonds. The van der Waals surface area contributed by atoms with Gasteiger partial charge in [0.1, 0.15) is 19.0 Å². The largest absolute Gasteiger partial charge is 0.488 e. The highest BCUT2D eigenvalue weighted by molar-refractivity contribution is 6.30. The Balaban J connectivity index is 1.79. The predicted octanol–water partition coefficient (Wildman–Crippen LogP) is 7.29. The Morgan fingerprint density at radius 3 is 2.49 bits per heavy atom. The summed E-state index contributed by atoms with van der Waals surface area (Å²) in [5.41, 5.74) is 2.46. The summed E-state index contributed by atoms with van der Waals surface area (Å²) in [7, 11) is 0. The highest BCUT2D eigenvalue weighted by atomic mass is 35.5. The summed E-state index contributed by atoms with van der Waals surface area (Å²) < 4.78 is 26.0. The lowest BCUT2D eigenvalue weighted by atomic mass is 9.99. The maximum Gasteiger partial charge on any atom is 0.223 e. The van der Waals surface area contributed by atoms with Crippen LogP contribution in [0.3, 0.4) is 0 Å². The number of anilines is 2. The van der Waals surface area contributed by atoms with Crippen LogP contribution in [0.1, 0.15) is 25.0 Å². The Morgan fingerprint density at radius 2 is 1.80 bits per heavy atom. The lowest BCUT2D eigenvalue weighted by Crippen LogP contribution is -2.08. The van der Waals surface area contributed by atoms with Crippen LogP contribution in [0.15, 0.2) is 71.9 Å². The molecule has 0 atom stereocenters. The second kappa shape index (κ2) is 11.1. The Kier molecular flexibility index (Phi) is 7.77. The first kappa shape index (κ1) is 24.4. The molecule has 180 valence electrons. The Bertz CT molecular complexity index is 1330. The van der Waals surface area contributed by atoms with Crippen molar-refractivity contribution >= 4 is 33.9 Å². The fourth-order valence-electron chi connectivity index (χ4n) is 3.73. The van der Waals surface area contributed by atoms with E-state index in [0.29, 0.717) is 28.8 Å². The van der Waals surface area contributed by atoms with Crippen LogP contribution < -0.4 is 14.8 Å². The van der Waals surface area contributed by atoms with Gasteiger partial charge in [-0.1, -0.05) is 47.1 Å². The van der Waals surface area contributed by atoms with E-state index in [-0.39, 0.29) is 25.0 Å². The molecule has 0 fully saturated rings. The predicted molar refractivity (Wildman–Crippen MR) is 138 cm³/mol. The zero-order chi connectivity index (χ0) is 24.8. The zero-order valence-corrected chi connectivity index (χ0v) is 20.2. The number of rotatable bonds is 10. The Morgan fingerprint density at radius 1 is 1.06 bits per heavy atom. The molecule has 0 saturated heterocycles. The molecule has 0 aliphatic carbocycles. The number of nitrogens with one attached hydrogen (secondary N) is 1. The number of benzene rings is 3. The molecule has 0 radical (unpaired) electrons. The minimum Gasteiger partial charge on any atom is -0.488 e. The third kappa shape index (κ3) is 6.05. The van der Waals surface area contributed by atoms with Crippen molar-refractivity contribution in [1.29, 1.82) is 0 Å². The van der Waals surface area contributed by atoms with Gasteiger partial charge < -0.3 is 14.8 Å². The maximum atomic E-state index is 14.7. The average Bonchev–Trinajstić information content (AvgIpc) is 2.84. The smallest absolute Gasteiger partial charge is 0.223 e. The fourth-order valence-corrected chi connectivity index (χ4v) is 3.86. The van der Waals surface area contributed by atoms with Crippen LogP contribution in [-0.4, -0.2) is 24.2 Å². The van der Waals surface area contributed by atoms with Crippen LogP contribution in [0.4, 0.5) is 15.9 Å². The standard InChI is InChI=1S/C27H25ClFN3O3/c1-17(2)35-25-12-11-20(16-24(25)29)31-26-23(15-18-7-9-19(28)10-8-18)21-5-3-4-6-22(21)27(32-26)34-14-13-30-33/h3-12,16-17H,13-15H2,1-2H3,(H,31,32). The van der Waals surface area contributed by atoms with Gasteiger partial charge in [-0.25, -0.2) is 4.39 Å². The molecular formula is C27H25ClFN3O3. The summed E-state index contributed by atoms with van der Waals surface area (Å²) in [5.74, 6) is 0.595. The van der Waals surface area contributed by atoms with Gasteiger partial charge in [0.05, 0.1) is 6.10 Å². The van der Waals surface area contributed by atoms with Gasteiger partial charge in [-0.2, -0.15) is 9.89 Å². The maximum absolute atomic E-state index is 14.7. The summed E-state index contributed by atoms with van der Waals surface area (Å²) >= 11 is 6.07. The van der Waals surface area contributed by atoms with Crippen LogP contribution >= 0.6 is 11.6 Å². The number of nitrogens with zero attached hydrogens (tertiary/aromatic N) is 2. The molecule has 4 aromatic rings. The number of aromatic nitrogens is 1. The summed E-state index contributed by atoms with van der Waals surface area (Å²) in [4.78, 5) is 15.3. The van der Waals surface area contributed by atoms with Crippen LogP contribution in [0.5, 0.6) is 11.6 Å². The molecule has 0 unspecified atom stereocenters. The van der Waals surface area contributed by atoms with E-state index in [1.807, 2.05) is 62.4 Å². The van der Waals surface area contributed by atoms with Gasteiger partial charge in [-0.05, 0) is 55.1 Å². The summed E-state index contributed by atoms with van der Waals surface area (Å²) in [6.07, 6.45) is 0.414. The molecule has 1 aromatic heterocycles. The molecule has 8 heteroatoms. The second-order valence-corrected chi connectivity index (χ2v) is 8.67. The molecule has 0 aliphatic rings. The number of hydrogen-bond donors (Lipinski definition) is 1. The number of nitroso groups, excluding NO2 is 1. The van der Waals surface area contributed by atoms with Gasteiger partial charge in [-0.15, -0.1) is 0 Å². The highest BCUT2D eigenvalue weighted by Crippen LogP contribution is 2.35. The Hall–Kier alpha value is -3.71. The summed E-state index contributed by atoms with van der Waals surface area (Å²) in [6.45, 7) is 3.80. The lowest BCUT2D eigenvalue weighted by molar-refractivity contribution is 0.231. The van der Waals surface area contributed by atoms with Crippen molar-refractivity contribution in [3.05, 3.63) is 93.6 Å². The van der Waals surface area contributed by atoms with Gasteiger partial charge in [0.25, 0.3) is 0 Å². The first-order valence-corrected chi connectivity index (χ1v) is 11.6. The van der Waals surface area contributed by atoms with Crippen molar-refractivity contribution in [3.63, 3.8) is 0 Å². The SMILES string of the molecule is CC(C)Oc1ccc(Nc2nc(OCCN=O)c3ccccc3c2Cc2ccc(Cl)cc2)cc1F. The fraction of sp³-hybridized carbons (Fsp3) is 0.222. The van der Waals surface area contributed by atoms with E-state index in [9.17, 15) is 9.30 Å². The molecule has 0 bridgehead atoms. The number of pyridine rings is 1. The van der Waals surface area contributed by atoms with Crippen molar-refractivity contribution in [2.75, 3.05) is 18.5 Å². The Labute approximate surface area is 208 Å². The molecule has 3 aromatic carbocycles. The molecular weight excluding hydrogens is 469 g/mol. The topological polar surface area (TPSA) is 72.8 Å². The number of hydrogen-bond acceptors (Lipinski definition) is 6. The van der Waals surface area contributed by atoms with E-state index < -0.39 is 5.82 Å². The van der Waals surface area contributed by atoms with Gasteiger partial charge in [0.15, 0.2) is 11.6 Å². The molecule has 6 nitrogen and oxygen atoms in total. The van der Waals surface area contributed by atoms with E-state index in [1.54, 1.807) is 12.1 Å². The third-order valence-corrected chi connectivity index (χ3v) is 5.51. The van der Waals surface area contributed by atoms with Crippen LogP contribution in [0, 0.1) is 10.7 Å².